The molecule has 0 unspecified atom stereocenters. The summed E-state index contributed by atoms with van der Waals surface area (Å²) < 4.78 is 15.6. The summed E-state index contributed by atoms with van der Waals surface area (Å²) in [5.74, 6) is 0.0192. The largest absolute Gasteiger partial charge is 0.323 e. The second-order valence-electron chi connectivity index (χ2n) is 5.49. The van der Waals surface area contributed by atoms with Gasteiger partial charge in [0.2, 0.25) is 5.91 Å². The third-order valence-corrected chi connectivity index (χ3v) is 4.51. The molecule has 0 spiro atoms. The van der Waals surface area contributed by atoms with Crippen molar-refractivity contribution < 1.29 is 9.18 Å². The summed E-state index contributed by atoms with van der Waals surface area (Å²) in [5, 5.41) is 11.6. The minimum absolute atomic E-state index is 0.110. The normalized spacial score (nSPS) is 10.7. The van der Waals surface area contributed by atoms with Crippen LogP contribution in [0.4, 0.5) is 10.1 Å². The molecule has 8 heteroatoms. The molecule has 0 saturated heterocycles. The minimum atomic E-state index is -0.461. The standard InChI is InChI=1S/C18H18FN5OS/c1-2-11-24-17(15-9-5-6-10-20-15)22-23-18(24)26-12-16(25)21-14-8-4-3-7-13(14)19/h3-10H,2,11-12H2,1H3,(H,21,25). The average molecular weight is 371 g/mol. The highest BCUT2D eigenvalue weighted by Gasteiger charge is 2.16. The molecule has 2 heterocycles. The van der Waals surface area contributed by atoms with Gasteiger partial charge in [0.05, 0.1) is 11.4 Å². The van der Waals surface area contributed by atoms with E-state index >= 15 is 0 Å². The molecule has 2 aromatic heterocycles. The zero-order valence-electron chi connectivity index (χ0n) is 14.2. The highest BCUT2D eigenvalue weighted by Crippen LogP contribution is 2.23. The van der Waals surface area contributed by atoms with Crippen LogP contribution in [0.2, 0.25) is 0 Å². The Morgan fingerprint density at radius 1 is 1.19 bits per heavy atom. The number of nitrogens with zero attached hydrogens (tertiary/aromatic N) is 4. The topological polar surface area (TPSA) is 72.7 Å². The molecule has 0 aliphatic rings. The molecule has 1 aromatic carbocycles. The van der Waals surface area contributed by atoms with Crippen molar-refractivity contribution >= 4 is 23.4 Å². The van der Waals surface area contributed by atoms with Crippen molar-refractivity contribution in [3.8, 4) is 11.5 Å². The highest BCUT2D eigenvalue weighted by molar-refractivity contribution is 7.99. The maximum absolute atomic E-state index is 13.6. The zero-order valence-corrected chi connectivity index (χ0v) is 15.0. The first-order chi connectivity index (χ1) is 12.7. The van der Waals surface area contributed by atoms with Crippen LogP contribution in [0.15, 0.2) is 53.8 Å². The summed E-state index contributed by atoms with van der Waals surface area (Å²) >= 11 is 1.26. The lowest BCUT2D eigenvalue weighted by molar-refractivity contribution is -0.113. The van der Waals surface area contributed by atoms with E-state index in [1.807, 2.05) is 22.8 Å². The lowest BCUT2D eigenvalue weighted by Gasteiger charge is -2.09. The number of benzene rings is 1. The van der Waals surface area contributed by atoms with Crippen LogP contribution in [-0.4, -0.2) is 31.4 Å². The molecule has 3 aromatic rings. The molecule has 0 fully saturated rings. The molecular weight excluding hydrogens is 353 g/mol. The molecule has 0 aliphatic carbocycles. The number of thioether (sulfide) groups is 1. The van der Waals surface area contributed by atoms with Crippen molar-refractivity contribution in [2.45, 2.75) is 25.0 Å². The van der Waals surface area contributed by atoms with Gasteiger partial charge in [-0.05, 0) is 30.7 Å². The number of aromatic nitrogens is 4. The van der Waals surface area contributed by atoms with Gasteiger partial charge in [-0.15, -0.1) is 10.2 Å². The van der Waals surface area contributed by atoms with Crippen molar-refractivity contribution in [1.29, 1.82) is 0 Å². The predicted octanol–water partition coefficient (Wildman–Crippen LogP) is 3.62. The van der Waals surface area contributed by atoms with Crippen LogP contribution >= 0.6 is 11.8 Å². The smallest absolute Gasteiger partial charge is 0.234 e. The van der Waals surface area contributed by atoms with E-state index in [1.165, 1.54) is 23.9 Å². The number of hydrogen-bond donors (Lipinski definition) is 1. The van der Waals surface area contributed by atoms with Crippen molar-refractivity contribution in [3.05, 3.63) is 54.5 Å². The lowest BCUT2D eigenvalue weighted by atomic mass is 10.3. The Morgan fingerprint density at radius 2 is 2.00 bits per heavy atom. The first kappa shape index (κ1) is 18.1. The molecule has 6 nitrogen and oxygen atoms in total. The quantitative estimate of drug-likeness (QED) is 0.642. The van der Waals surface area contributed by atoms with E-state index in [0.717, 1.165) is 18.7 Å². The fourth-order valence-electron chi connectivity index (χ4n) is 2.38. The van der Waals surface area contributed by atoms with Gasteiger partial charge in [0, 0.05) is 12.7 Å². The van der Waals surface area contributed by atoms with Crippen LogP contribution in [0.3, 0.4) is 0 Å². The summed E-state index contributed by atoms with van der Waals surface area (Å²) in [7, 11) is 0. The Hall–Kier alpha value is -2.74. The first-order valence-electron chi connectivity index (χ1n) is 8.21. The van der Waals surface area contributed by atoms with Gasteiger partial charge in [-0.2, -0.15) is 0 Å². The fourth-order valence-corrected chi connectivity index (χ4v) is 3.15. The first-order valence-corrected chi connectivity index (χ1v) is 9.19. The van der Waals surface area contributed by atoms with E-state index in [0.29, 0.717) is 11.0 Å². The Bertz CT molecular complexity index is 884. The molecule has 0 atom stereocenters. The maximum atomic E-state index is 13.6. The van der Waals surface area contributed by atoms with Crippen LogP contribution in [0, 0.1) is 5.82 Å². The van der Waals surface area contributed by atoms with Gasteiger partial charge in [-0.25, -0.2) is 4.39 Å². The Balaban J connectivity index is 1.71. The number of carbonyl (C=O) groups is 1. The molecule has 1 N–H and O–H groups in total. The number of amides is 1. The molecule has 1 amide bonds. The molecule has 0 bridgehead atoms. The molecule has 0 radical (unpaired) electrons. The number of nitrogens with one attached hydrogen (secondary N) is 1. The summed E-state index contributed by atoms with van der Waals surface area (Å²) in [6.45, 7) is 2.78. The molecule has 134 valence electrons. The highest BCUT2D eigenvalue weighted by atomic mass is 32.2. The fraction of sp³-hybridized carbons (Fsp3) is 0.222. The monoisotopic (exact) mass is 371 g/mol. The van der Waals surface area contributed by atoms with Gasteiger partial charge in [-0.1, -0.05) is 36.9 Å². The van der Waals surface area contributed by atoms with Crippen LogP contribution in [0.1, 0.15) is 13.3 Å². The van der Waals surface area contributed by atoms with Crippen LogP contribution in [0.5, 0.6) is 0 Å². The minimum Gasteiger partial charge on any atom is -0.323 e. The summed E-state index contributed by atoms with van der Waals surface area (Å²) in [4.78, 5) is 16.4. The van der Waals surface area contributed by atoms with Gasteiger partial charge in [-0.3, -0.25) is 9.78 Å². The van der Waals surface area contributed by atoms with E-state index in [-0.39, 0.29) is 17.3 Å². The molecule has 3 rings (SSSR count). The van der Waals surface area contributed by atoms with Crippen LogP contribution in [0.25, 0.3) is 11.5 Å². The van der Waals surface area contributed by atoms with Gasteiger partial charge < -0.3 is 9.88 Å². The van der Waals surface area contributed by atoms with Crippen molar-refractivity contribution in [2.24, 2.45) is 0 Å². The number of halogens is 1. The lowest BCUT2D eigenvalue weighted by Crippen LogP contribution is -2.15. The molecule has 26 heavy (non-hydrogen) atoms. The number of anilines is 1. The van der Waals surface area contributed by atoms with Gasteiger partial charge in [0.25, 0.3) is 0 Å². The summed E-state index contributed by atoms with van der Waals surface area (Å²) in [6, 6.07) is 11.7. The summed E-state index contributed by atoms with van der Waals surface area (Å²) in [5.41, 5.74) is 0.901. The maximum Gasteiger partial charge on any atom is 0.234 e. The summed E-state index contributed by atoms with van der Waals surface area (Å²) in [6.07, 6.45) is 2.60. The SMILES string of the molecule is CCCn1c(SCC(=O)Nc2ccccc2F)nnc1-c1ccccn1. The average Bonchev–Trinajstić information content (AvgIpc) is 3.06. The number of pyridine rings is 1. The second kappa shape index (κ2) is 8.57. The van der Waals surface area contributed by atoms with Gasteiger partial charge in [0.15, 0.2) is 11.0 Å². The van der Waals surface area contributed by atoms with Gasteiger partial charge in [0.1, 0.15) is 11.5 Å². The number of para-hydroxylation sites is 1. The third-order valence-electron chi connectivity index (χ3n) is 3.54. The molecule has 0 saturated carbocycles. The number of carbonyl (C=O) groups excluding carboxylic acids is 1. The Kier molecular flexibility index (Phi) is 5.96. The number of hydrogen-bond acceptors (Lipinski definition) is 5. The zero-order chi connectivity index (χ0) is 18.4. The van der Waals surface area contributed by atoms with E-state index in [2.05, 4.69) is 27.4 Å². The van der Waals surface area contributed by atoms with E-state index in [9.17, 15) is 9.18 Å². The number of rotatable bonds is 7. The molecule has 0 aliphatic heterocycles. The molecular formula is C18H18FN5OS. The van der Waals surface area contributed by atoms with Crippen molar-refractivity contribution in [3.63, 3.8) is 0 Å². The van der Waals surface area contributed by atoms with E-state index in [1.54, 1.807) is 18.3 Å². The second-order valence-corrected chi connectivity index (χ2v) is 6.43. The van der Waals surface area contributed by atoms with Crippen LogP contribution in [-0.2, 0) is 11.3 Å². The third kappa shape index (κ3) is 4.26. The predicted molar refractivity (Wildman–Crippen MR) is 99.3 cm³/mol. The Morgan fingerprint density at radius 3 is 2.73 bits per heavy atom. The van der Waals surface area contributed by atoms with E-state index < -0.39 is 5.82 Å². The van der Waals surface area contributed by atoms with Crippen molar-refractivity contribution in [2.75, 3.05) is 11.1 Å². The van der Waals surface area contributed by atoms with Gasteiger partial charge >= 0.3 is 0 Å². The van der Waals surface area contributed by atoms with E-state index in [4.69, 9.17) is 0 Å². The van der Waals surface area contributed by atoms with Crippen molar-refractivity contribution in [1.82, 2.24) is 19.7 Å². The van der Waals surface area contributed by atoms with Crippen LogP contribution < -0.4 is 5.32 Å². The Labute approximate surface area is 154 Å².